The van der Waals surface area contributed by atoms with Crippen molar-refractivity contribution in [1.82, 2.24) is 15.6 Å². The normalized spacial score (nSPS) is 11.6. The molecule has 0 spiro atoms. The van der Waals surface area contributed by atoms with Crippen LogP contribution in [0.3, 0.4) is 0 Å². The van der Waals surface area contributed by atoms with Crippen LogP contribution in [0.4, 0.5) is 19.3 Å². The Morgan fingerprint density at radius 1 is 1.04 bits per heavy atom. The van der Waals surface area contributed by atoms with Gasteiger partial charge in [-0.1, -0.05) is 29.8 Å². The number of sulfonamides is 1. The van der Waals surface area contributed by atoms with Crippen molar-refractivity contribution in [3.63, 3.8) is 0 Å². The van der Waals surface area contributed by atoms with Crippen LogP contribution in [0, 0.1) is 11.6 Å². The topological polar surface area (TPSA) is 148 Å². The summed E-state index contributed by atoms with van der Waals surface area (Å²) < 4.78 is 75.4. The van der Waals surface area contributed by atoms with Crippen molar-refractivity contribution in [1.29, 1.82) is 0 Å². The Balaban J connectivity index is 1.91. The second kappa shape index (κ2) is 15.1. The Labute approximate surface area is 270 Å². The summed E-state index contributed by atoms with van der Waals surface area (Å²) in [5.74, 6) is -3.14. The van der Waals surface area contributed by atoms with Crippen molar-refractivity contribution in [3.05, 3.63) is 70.8 Å². The van der Waals surface area contributed by atoms with E-state index in [1.807, 2.05) is 0 Å². The van der Waals surface area contributed by atoms with Gasteiger partial charge in [0, 0.05) is 36.9 Å². The number of halogens is 3. The number of nitrogens with one attached hydrogen (secondary N) is 3. The van der Waals surface area contributed by atoms with E-state index in [9.17, 15) is 18.0 Å². The fourth-order valence-electron chi connectivity index (χ4n) is 3.84. The van der Waals surface area contributed by atoms with Crippen LogP contribution in [0.1, 0.15) is 31.1 Å². The number of benzene rings is 3. The molecule has 0 saturated carbocycles. The first-order valence-electron chi connectivity index (χ1n) is 13.6. The molecule has 0 radical (unpaired) electrons. The van der Waals surface area contributed by atoms with Crippen LogP contribution in [0.15, 0.2) is 58.5 Å². The van der Waals surface area contributed by atoms with Crippen molar-refractivity contribution in [2.75, 3.05) is 39.1 Å². The summed E-state index contributed by atoms with van der Waals surface area (Å²) in [6.45, 7) is 5.19. The number of amides is 2. The average molecular weight is 682 g/mol. The van der Waals surface area contributed by atoms with Crippen LogP contribution in [0.25, 0.3) is 11.1 Å². The molecule has 0 heterocycles. The molecule has 3 aromatic carbocycles. The van der Waals surface area contributed by atoms with Crippen molar-refractivity contribution in [2.24, 2.45) is 5.10 Å². The van der Waals surface area contributed by atoms with E-state index in [1.165, 1.54) is 24.5 Å². The first-order valence-corrected chi connectivity index (χ1v) is 15.5. The molecule has 0 fully saturated rings. The largest absolute Gasteiger partial charge is 0.494 e. The van der Waals surface area contributed by atoms with Gasteiger partial charge in [0.1, 0.15) is 40.8 Å². The molecule has 0 saturated heterocycles. The zero-order chi connectivity index (χ0) is 34.2. The van der Waals surface area contributed by atoms with Crippen LogP contribution < -0.4 is 24.9 Å². The lowest BCUT2D eigenvalue weighted by molar-refractivity contribution is 0.0520. The number of alkyl carbamates (subject to hydrolysis) is 1. The number of carbonyl (C=O) groups excluding carboxylic acids is 2. The van der Waals surface area contributed by atoms with Crippen molar-refractivity contribution in [2.45, 2.75) is 31.3 Å². The fourth-order valence-corrected chi connectivity index (χ4v) is 5.47. The number of hydrazone groups is 1. The van der Waals surface area contributed by atoms with Crippen LogP contribution >= 0.6 is 11.6 Å². The number of para-hydroxylation sites is 1. The number of methoxy groups -OCH3 is 1. The van der Waals surface area contributed by atoms with Gasteiger partial charge < -0.3 is 24.4 Å². The summed E-state index contributed by atoms with van der Waals surface area (Å²) >= 11 is 6.23. The molecule has 0 aliphatic heterocycles. The molecule has 46 heavy (non-hydrogen) atoms. The number of hydrogen-bond donors (Lipinski definition) is 3. The Bertz CT molecular complexity index is 1730. The van der Waals surface area contributed by atoms with Gasteiger partial charge in [0.2, 0.25) is 0 Å². The summed E-state index contributed by atoms with van der Waals surface area (Å²) in [4.78, 5) is 25.5. The van der Waals surface area contributed by atoms with E-state index in [2.05, 4.69) is 20.6 Å². The van der Waals surface area contributed by atoms with E-state index in [1.54, 1.807) is 51.9 Å². The van der Waals surface area contributed by atoms with Crippen LogP contribution in [-0.2, 0) is 14.8 Å². The Morgan fingerprint density at radius 3 is 2.39 bits per heavy atom. The highest BCUT2D eigenvalue weighted by molar-refractivity contribution is 7.92. The van der Waals surface area contributed by atoms with Gasteiger partial charge >= 0.3 is 6.09 Å². The van der Waals surface area contributed by atoms with Gasteiger partial charge in [-0.15, -0.1) is 0 Å². The lowest BCUT2D eigenvalue weighted by Gasteiger charge is -2.20. The van der Waals surface area contributed by atoms with E-state index in [-0.39, 0.29) is 46.4 Å². The number of carbonyl (C=O) groups is 2. The van der Waals surface area contributed by atoms with Gasteiger partial charge in [0.05, 0.1) is 24.4 Å². The quantitative estimate of drug-likeness (QED) is 0.102. The third-order valence-corrected chi connectivity index (χ3v) is 7.38. The molecule has 3 aromatic rings. The predicted octanol–water partition coefficient (Wildman–Crippen LogP) is 5.23. The summed E-state index contributed by atoms with van der Waals surface area (Å²) in [6.07, 6.45) is 0.661. The Morgan fingerprint density at radius 2 is 1.74 bits per heavy atom. The van der Waals surface area contributed by atoms with Gasteiger partial charge in [-0.3, -0.25) is 9.52 Å². The summed E-state index contributed by atoms with van der Waals surface area (Å²) in [5, 5.41) is 6.04. The SMILES string of the molecule is COc1c(Cl)cc(C(=O)N/N=C/N(C)C)cc1S(=O)(=O)Nc1cc(-c2ccccc2OCCNC(=O)OC(C)(C)C)c(F)cc1F. The molecule has 0 atom stereocenters. The molecule has 3 N–H and O–H groups in total. The first-order chi connectivity index (χ1) is 21.5. The molecule has 248 valence electrons. The van der Waals surface area contributed by atoms with Crippen molar-refractivity contribution < 1.29 is 41.0 Å². The maximum Gasteiger partial charge on any atom is 0.407 e. The molecule has 3 rings (SSSR count). The molecule has 12 nitrogen and oxygen atoms in total. The zero-order valence-corrected chi connectivity index (χ0v) is 27.5. The fraction of sp³-hybridized carbons (Fsp3) is 0.300. The number of hydrogen-bond acceptors (Lipinski definition) is 8. The Hall–Kier alpha value is -4.63. The maximum atomic E-state index is 15.1. The van der Waals surface area contributed by atoms with E-state index in [4.69, 9.17) is 25.8 Å². The highest BCUT2D eigenvalue weighted by Gasteiger charge is 2.27. The van der Waals surface area contributed by atoms with E-state index in [0.29, 0.717) is 6.07 Å². The van der Waals surface area contributed by atoms with Crippen molar-refractivity contribution >= 4 is 45.7 Å². The second-order valence-electron chi connectivity index (χ2n) is 10.8. The minimum atomic E-state index is -4.68. The van der Waals surface area contributed by atoms with Crippen LogP contribution in [0.5, 0.6) is 11.5 Å². The lowest BCUT2D eigenvalue weighted by Crippen LogP contribution is -2.34. The highest BCUT2D eigenvalue weighted by atomic mass is 35.5. The molecule has 0 aromatic heterocycles. The minimum Gasteiger partial charge on any atom is -0.494 e. The average Bonchev–Trinajstić information content (AvgIpc) is 2.95. The summed E-state index contributed by atoms with van der Waals surface area (Å²) in [7, 11) is -0.169. The minimum absolute atomic E-state index is 0.0243. The third kappa shape index (κ3) is 9.68. The van der Waals surface area contributed by atoms with Gasteiger partial charge in [0.25, 0.3) is 15.9 Å². The number of rotatable bonds is 12. The highest BCUT2D eigenvalue weighted by Crippen LogP contribution is 2.37. The third-order valence-electron chi connectivity index (χ3n) is 5.73. The second-order valence-corrected chi connectivity index (χ2v) is 12.9. The summed E-state index contributed by atoms with van der Waals surface area (Å²) in [5.41, 5.74) is 0.740. The standard InChI is InChI=1S/C30H34ClF2N5O7S/c1-30(2,3)45-29(40)34-11-12-44-25-10-8-7-9-19(25)20-15-24(23(33)16-22(20)32)37-46(41,42)26-14-18(13-21(31)27(26)43-6)28(39)36-35-17-38(4)5/h7-10,13-17,37H,11-12H2,1-6H3,(H,34,40)(H,36,39)/b35-17+. The van der Waals surface area contributed by atoms with Gasteiger partial charge in [0.15, 0.2) is 5.75 Å². The van der Waals surface area contributed by atoms with Gasteiger partial charge in [-0.2, -0.15) is 5.10 Å². The van der Waals surface area contributed by atoms with E-state index >= 15 is 8.78 Å². The van der Waals surface area contributed by atoms with E-state index in [0.717, 1.165) is 19.2 Å². The van der Waals surface area contributed by atoms with Gasteiger partial charge in [-0.05, 0) is 45.0 Å². The smallest absolute Gasteiger partial charge is 0.407 e. The first kappa shape index (κ1) is 35.8. The monoisotopic (exact) mass is 681 g/mol. The van der Waals surface area contributed by atoms with Crippen molar-refractivity contribution in [3.8, 4) is 22.6 Å². The molecule has 0 aliphatic carbocycles. The maximum absolute atomic E-state index is 15.1. The molecular weight excluding hydrogens is 648 g/mol. The molecule has 2 amide bonds. The summed E-state index contributed by atoms with van der Waals surface area (Å²) in [6, 6.07) is 9.86. The van der Waals surface area contributed by atoms with Crippen LogP contribution in [-0.4, -0.2) is 71.6 Å². The number of ether oxygens (including phenoxy) is 3. The lowest BCUT2D eigenvalue weighted by atomic mass is 10.0. The molecule has 0 bridgehead atoms. The van der Waals surface area contributed by atoms with E-state index < -0.39 is 49.8 Å². The van der Waals surface area contributed by atoms with Gasteiger partial charge in [-0.25, -0.2) is 27.4 Å². The molecule has 16 heteroatoms. The molecule has 0 unspecified atom stereocenters. The zero-order valence-electron chi connectivity index (χ0n) is 25.9. The Kier molecular flexibility index (Phi) is 11.8. The molecular formula is C30H34ClF2N5O7S. The van der Waals surface area contributed by atoms with Crippen LogP contribution in [0.2, 0.25) is 5.02 Å². The number of nitrogens with zero attached hydrogens (tertiary/aromatic N) is 2. The predicted molar refractivity (Wildman–Crippen MR) is 170 cm³/mol. The number of anilines is 1. The molecule has 0 aliphatic rings.